The summed E-state index contributed by atoms with van der Waals surface area (Å²) in [5.74, 6) is 0.781. The number of aromatic nitrogens is 3. The molecule has 1 aliphatic heterocycles. The fourth-order valence-electron chi connectivity index (χ4n) is 1.59. The topological polar surface area (TPSA) is 67.9 Å². The number of esters is 1. The van der Waals surface area contributed by atoms with E-state index in [0.29, 0.717) is 0 Å². The van der Waals surface area contributed by atoms with E-state index in [1.807, 2.05) is 6.92 Å². The molecule has 1 aromatic rings. The predicted octanol–water partition coefficient (Wildman–Crippen LogP) is 1.24. The lowest BCUT2D eigenvalue weighted by molar-refractivity contribution is -0.143. The van der Waals surface area contributed by atoms with Gasteiger partial charge in [-0.05, 0) is 12.8 Å². The minimum atomic E-state index is -0.0549. The molecule has 2 heterocycles. The quantitative estimate of drug-likeness (QED) is 0.619. The van der Waals surface area contributed by atoms with Crippen molar-refractivity contribution in [2.24, 2.45) is 5.92 Å². The van der Waals surface area contributed by atoms with Crippen LogP contribution in [-0.4, -0.2) is 33.0 Å². The average molecular weight is 227 g/mol. The molecule has 82 valence electrons. The highest BCUT2D eigenvalue weighted by Gasteiger charge is 2.32. The van der Waals surface area contributed by atoms with Gasteiger partial charge in [-0.3, -0.25) is 9.89 Å². The first-order valence-corrected chi connectivity index (χ1v) is 5.96. The van der Waals surface area contributed by atoms with E-state index >= 15 is 0 Å². The van der Waals surface area contributed by atoms with Crippen molar-refractivity contribution in [2.45, 2.75) is 31.0 Å². The Bertz CT molecular complexity index is 328. The van der Waals surface area contributed by atoms with Crippen LogP contribution in [0.3, 0.4) is 0 Å². The Morgan fingerprint density at radius 1 is 1.73 bits per heavy atom. The number of carbonyl (C=O) groups excluding carboxylic acids is 1. The second-order valence-corrected chi connectivity index (χ2v) is 4.51. The maximum absolute atomic E-state index is 11.3. The number of nitrogens with zero attached hydrogens (tertiary/aromatic N) is 2. The molecule has 0 amide bonds. The summed E-state index contributed by atoms with van der Waals surface area (Å²) in [6.07, 6.45) is 3.19. The van der Waals surface area contributed by atoms with Crippen molar-refractivity contribution in [3.05, 3.63) is 6.33 Å². The molecule has 2 atom stereocenters. The van der Waals surface area contributed by atoms with Gasteiger partial charge in [-0.2, -0.15) is 5.10 Å². The van der Waals surface area contributed by atoms with Gasteiger partial charge in [0.05, 0.1) is 5.92 Å². The number of carbonyl (C=O) groups is 1. The lowest BCUT2D eigenvalue weighted by Crippen LogP contribution is -2.09. The fourth-order valence-corrected chi connectivity index (χ4v) is 2.38. The minimum absolute atomic E-state index is 0.0255. The van der Waals surface area contributed by atoms with Gasteiger partial charge in [-0.15, -0.1) is 0 Å². The van der Waals surface area contributed by atoms with E-state index in [1.54, 1.807) is 0 Å². The number of hydrogen-bond acceptors (Lipinski definition) is 5. The van der Waals surface area contributed by atoms with Crippen molar-refractivity contribution < 1.29 is 9.53 Å². The first kappa shape index (κ1) is 10.5. The smallest absolute Gasteiger partial charge is 0.309 e. The third-order valence-electron chi connectivity index (χ3n) is 2.46. The number of hydrogen-bond donors (Lipinski definition) is 1. The Kier molecular flexibility index (Phi) is 3.25. The zero-order chi connectivity index (χ0) is 10.7. The molecule has 1 fully saturated rings. The molecule has 0 aromatic carbocycles. The Morgan fingerprint density at radius 3 is 3.20 bits per heavy atom. The van der Waals surface area contributed by atoms with Gasteiger partial charge in [0.1, 0.15) is 12.4 Å². The third kappa shape index (κ3) is 2.50. The van der Waals surface area contributed by atoms with Crippen molar-refractivity contribution in [2.75, 3.05) is 5.75 Å². The van der Waals surface area contributed by atoms with Gasteiger partial charge >= 0.3 is 5.97 Å². The molecular weight excluding hydrogens is 214 g/mol. The van der Waals surface area contributed by atoms with Crippen molar-refractivity contribution >= 4 is 17.7 Å². The summed E-state index contributed by atoms with van der Waals surface area (Å²) in [5, 5.41) is 7.28. The van der Waals surface area contributed by atoms with E-state index in [1.165, 1.54) is 18.1 Å². The summed E-state index contributed by atoms with van der Waals surface area (Å²) in [7, 11) is 0. The molecule has 5 nitrogen and oxygen atoms in total. The second-order valence-electron chi connectivity index (χ2n) is 3.50. The molecule has 1 N–H and O–H groups in total. The largest absolute Gasteiger partial charge is 0.461 e. The van der Waals surface area contributed by atoms with Gasteiger partial charge in [0.25, 0.3) is 0 Å². The number of ether oxygens (including phenoxy) is 1. The summed E-state index contributed by atoms with van der Waals surface area (Å²) in [4.78, 5) is 15.3. The molecule has 1 aliphatic rings. The lowest BCUT2D eigenvalue weighted by Gasteiger charge is -2.05. The average Bonchev–Trinajstić information content (AvgIpc) is 2.83. The van der Waals surface area contributed by atoms with Crippen LogP contribution in [0.25, 0.3) is 0 Å². The van der Waals surface area contributed by atoms with Crippen LogP contribution in [0.15, 0.2) is 11.5 Å². The van der Waals surface area contributed by atoms with Crippen LogP contribution in [-0.2, 0) is 9.53 Å². The number of thioether (sulfide) groups is 1. The molecule has 0 spiro atoms. The second kappa shape index (κ2) is 4.65. The van der Waals surface area contributed by atoms with E-state index in [9.17, 15) is 4.79 Å². The molecule has 1 aromatic heterocycles. The number of nitrogens with one attached hydrogen (secondary N) is 1. The van der Waals surface area contributed by atoms with E-state index in [2.05, 4.69) is 15.2 Å². The monoisotopic (exact) mass is 227 g/mol. The molecule has 6 heteroatoms. The van der Waals surface area contributed by atoms with Crippen LogP contribution in [0.1, 0.15) is 19.8 Å². The van der Waals surface area contributed by atoms with Crippen molar-refractivity contribution in [1.82, 2.24) is 15.2 Å². The van der Waals surface area contributed by atoms with Gasteiger partial charge in [-0.1, -0.05) is 18.7 Å². The Morgan fingerprint density at radius 2 is 2.60 bits per heavy atom. The van der Waals surface area contributed by atoms with E-state index in [4.69, 9.17) is 4.74 Å². The van der Waals surface area contributed by atoms with Gasteiger partial charge in [-0.25, -0.2) is 4.98 Å². The minimum Gasteiger partial charge on any atom is -0.461 e. The normalized spacial score (nSPS) is 25.5. The van der Waals surface area contributed by atoms with Crippen molar-refractivity contribution in [3.8, 4) is 0 Å². The molecule has 2 rings (SSSR count). The first-order valence-electron chi connectivity index (χ1n) is 4.98. The molecule has 0 saturated carbocycles. The Labute approximate surface area is 92.0 Å². The van der Waals surface area contributed by atoms with Gasteiger partial charge in [0.2, 0.25) is 0 Å². The third-order valence-corrected chi connectivity index (χ3v) is 3.46. The summed E-state index contributed by atoms with van der Waals surface area (Å²) in [6, 6.07) is 0. The summed E-state index contributed by atoms with van der Waals surface area (Å²) < 4.78 is 5.24. The van der Waals surface area contributed by atoms with Crippen molar-refractivity contribution in [1.29, 1.82) is 0 Å². The summed E-state index contributed by atoms with van der Waals surface area (Å²) in [5.41, 5.74) is 0. The van der Waals surface area contributed by atoms with E-state index in [0.717, 1.165) is 23.8 Å². The Hall–Kier alpha value is -1.04. The molecule has 0 unspecified atom stereocenters. The highest BCUT2D eigenvalue weighted by Crippen LogP contribution is 2.27. The van der Waals surface area contributed by atoms with E-state index in [-0.39, 0.29) is 18.0 Å². The van der Waals surface area contributed by atoms with Crippen LogP contribution in [0.5, 0.6) is 0 Å². The molecule has 0 bridgehead atoms. The molecule has 0 aliphatic carbocycles. The highest BCUT2D eigenvalue weighted by atomic mass is 32.2. The van der Waals surface area contributed by atoms with Crippen LogP contribution >= 0.6 is 11.8 Å². The van der Waals surface area contributed by atoms with Crippen molar-refractivity contribution in [3.63, 3.8) is 0 Å². The number of aromatic amines is 1. The zero-order valence-corrected chi connectivity index (χ0v) is 9.29. The van der Waals surface area contributed by atoms with Gasteiger partial charge in [0, 0.05) is 5.75 Å². The van der Waals surface area contributed by atoms with E-state index < -0.39 is 0 Å². The number of rotatable bonds is 4. The van der Waals surface area contributed by atoms with Crippen LogP contribution in [0.2, 0.25) is 0 Å². The molecule has 1 saturated heterocycles. The molecular formula is C9H13N3O2S. The van der Waals surface area contributed by atoms with Crippen LogP contribution in [0.4, 0.5) is 0 Å². The standard InChI is InChI=1S/C9H13N3O2S/c1-2-6-3-7(14-8(6)13)4-15-9-10-5-11-12-9/h5-7H,2-4H2,1H3,(H,10,11,12)/t6-,7+/m0/s1. The Balaban J connectivity index is 1.80. The number of H-pyrrole nitrogens is 1. The molecule has 15 heavy (non-hydrogen) atoms. The summed E-state index contributed by atoms with van der Waals surface area (Å²) >= 11 is 1.53. The summed E-state index contributed by atoms with van der Waals surface area (Å²) in [6.45, 7) is 2.01. The fraction of sp³-hybridized carbons (Fsp3) is 0.667. The number of cyclic esters (lactones) is 1. The van der Waals surface area contributed by atoms with Gasteiger partial charge in [0.15, 0.2) is 5.16 Å². The van der Waals surface area contributed by atoms with Crippen LogP contribution < -0.4 is 0 Å². The van der Waals surface area contributed by atoms with Gasteiger partial charge < -0.3 is 4.74 Å². The zero-order valence-electron chi connectivity index (χ0n) is 8.47. The first-order chi connectivity index (χ1) is 7.29. The predicted molar refractivity (Wildman–Crippen MR) is 55.4 cm³/mol. The lowest BCUT2D eigenvalue weighted by atomic mass is 10.0. The maximum atomic E-state index is 11.3. The molecule has 0 radical (unpaired) electrons. The van der Waals surface area contributed by atoms with Crippen LogP contribution in [0, 0.1) is 5.92 Å². The highest BCUT2D eigenvalue weighted by molar-refractivity contribution is 7.99. The maximum Gasteiger partial charge on any atom is 0.309 e. The SMILES string of the molecule is CC[C@H]1C[C@H](CSc2ncn[nH]2)OC1=O.